The van der Waals surface area contributed by atoms with E-state index in [2.05, 4.69) is 53.4 Å². The van der Waals surface area contributed by atoms with Gasteiger partial charge in [0, 0.05) is 11.1 Å². The number of unbranched alkanes of at least 4 members (excludes halogenated alkanes) is 19. The van der Waals surface area contributed by atoms with E-state index in [0.29, 0.717) is 11.1 Å². The van der Waals surface area contributed by atoms with E-state index in [1.807, 2.05) is 0 Å². The zero-order valence-corrected chi connectivity index (χ0v) is 26.1. The standard InChI is InChI=1S/C34H71N/c1-8-11-14-16-18-20-22-24-26-28-30-33(4,5)35(32-13-10-3)34(6,7)31-29-27-25-23-21-19-17-15-12-9-2/h8-32H2,1-7H3. The molecule has 0 rings (SSSR count). The van der Waals surface area contributed by atoms with E-state index < -0.39 is 0 Å². The Morgan fingerprint density at radius 1 is 0.343 bits per heavy atom. The van der Waals surface area contributed by atoms with Gasteiger partial charge < -0.3 is 0 Å². The molecular formula is C34H71N. The molecule has 0 fully saturated rings. The summed E-state index contributed by atoms with van der Waals surface area (Å²) in [4.78, 5) is 2.91. The van der Waals surface area contributed by atoms with Gasteiger partial charge in [0.25, 0.3) is 0 Å². The van der Waals surface area contributed by atoms with E-state index in [-0.39, 0.29) is 0 Å². The van der Waals surface area contributed by atoms with Crippen molar-refractivity contribution in [2.45, 2.75) is 214 Å². The van der Waals surface area contributed by atoms with Gasteiger partial charge in [0.1, 0.15) is 0 Å². The maximum Gasteiger partial charge on any atom is 0.0158 e. The summed E-state index contributed by atoms with van der Waals surface area (Å²) in [5.74, 6) is 0. The fraction of sp³-hybridized carbons (Fsp3) is 1.00. The van der Waals surface area contributed by atoms with Crippen LogP contribution in [0.2, 0.25) is 0 Å². The molecule has 0 saturated carbocycles. The average Bonchev–Trinajstić information content (AvgIpc) is 2.81. The Kier molecular flexibility index (Phi) is 23.1. The third-order valence-corrected chi connectivity index (χ3v) is 8.48. The predicted octanol–water partition coefficient (Wildman–Crippen LogP) is 12.3. The zero-order chi connectivity index (χ0) is 26.3. The summed E-state index contributed by atoms with van der Waals surface area (Å²) < 4.78 is 0. The summed E-state index contributed by atoms with van der Waals surface area (Å²) in [6.07, 6.45) is 34.1. The van der Waals surface area contributed by atoms with Crippen LogP contribution in [0.3, 0.4) is 0 Å². The summed E-state index contributed by atoms with van der Waals surface area (Å²) in [6, 6.07) is 0. The lowest BCUT2D eigenvalue weighted by atomic mass is 9.85. The molecule has 0 aliphatic rings. The van der Waals surface area contributed by atoms with Crippen molar-refractivity contribution in [2.24, 2.45) is 0 Å². The van der Waals surface area contributed by atoms with Crippen molar-refractivity contribution in [3.8, 4) is 0 Å². The molecule has 0 radical (unpaired) electrons. The maximum atomic E-state index is 2.91. The minimum atomic E-state index is 0.317. The first-order valence-electron chi connectivity index (χ1n) is 16.6. The van der Waals surface area contributed by atoms with Crippen LogP contribution >= 0.6 is 0 Å². The van der Waals surface area contributed by atoms with E-state index in [0.717, 1.165) is 0 Å². The van der Waals surface area contributed by atoms with Crippen LogP contribution in [0, 0.1) is 0 Å². The predicted molar refractivity (Wildman–Crippen MR) is 163 cm³/mol. The largest absolute Gasteiger partial charge is 0.293 e. The second kappa shape index (κ2) is 23.1. The molecule has 0 heterocycles. The molecule has 0 aliphatic heterocycles. The Labute approximate surface area is 225 Å². The molecule has 0 spiro atoms. The van der Waals surface area contributed by atoms with Gasteiger partial charge in [0.05, 0.1) is 0 Å². The summed E-state index contributed by atoms with van der Waals surface area (Å²) >= 11 is 0. The van der Waals surface area contributed by atoms with Crippen molar-refractivity contribution in [3.05, 3.63) is 0 Å². The average molecular weight is 494 g/mol. The van der Waals surface area contributed by atoms with Crippen LogP contribution in [0.25, 0.3) is 0 Å². The van der Waals surface area contributed by atoms with Gasteiger partial charge in [-0.15, -0.1) is 0 Å². The van der Waals surface area contributed by atoms with Crippen LogP contribution in [0.5, 0.6) is 0 Å². The lowest BCUT2D eigenvalue weighted by Crippen LogP contribution is -2.55. The fourth-order valence-corrected chi connectivity index (χ4v) is 6.10. The summed E-state index contributed by atoms with van der Waals surface area (Å²) in [5, 5.41) is 0. The highest BCUT2D eigenvalue weighted by molar-refractivity contribution is 4.92. The highest BCUT2D eigenvalue weighted by Crippen LogP contribution is 2.33. The fourth-order valence-electron chi connectivity index (χ4n) is 6.10. The molecular weight excluding hydrogens is 422 g/mol. The van der Waals surface area contributed by atoms with E-state index >= 15 is 0 Å². The first-order valence-corrected chi connectivity index (χ1v) is 16.6. The molecule has 0 aliphatic carbocycles. The molecule has 1 nitrogen and oxygen atoms in total. The molecule has 0 bridgehead atoms. The molecule has 0 aromatic rings. The van der Waals surface area contributed by atoms with Crippen LogP contribution in [-0.4, -0.2) is 22.5 Å². The first kappa shape index (κ1) is 35.0. The van der Waals surface area contributed by atoms with Gasteiger partial charge in [-0.25, -0.2) is 0 Å². The number of nitrogens with zero attached hydrogens (tertiary/aromatic N) is 1. The SMILES string of the molecule is CCCCCCCCCCCCC(C)(C)N(CCCC)C(C)(C)CCCCCCCCCCCC. The lowest BCUT2D eigenvalue weighted by Gasteiger charge is -2.49. The van der Waals surface area contributed by atoms with Crippen molar-refractivity contribution in [1.29, 1.82) is 0 Å². The number of rotatable bonds is 27. The van der Waals surface area contributed by atoms with Crippen molar-refractivity contribution in [2.75, 3.05) is 6.54 Å². The van der Waals surface area contributed by atoms with Gasteiger partial charge in [-0.3, -0.25) is 4.90 Å². The van der Waals surface area contributed by atoms with E-state index in [1.54, 1.807) is 0 Å². The van der Waals surface area contributed by atoms with Gasteiger partial charge in [0.2, 0.25) is 0 Å². The van der Waals surface area contributed by atoms with Gasteiger partial charge in [-0.05, 0) is 53.5 Å². The third-order valence-electron chi connectivity index (χ3n) is 8.48. The lowest BCUT2D eigenvalue weighted by molar-refractivity contribution is 0.00191. The zero-order valence-electron chi connectivity index (χ0n) is 26.1. The van der Waals surface area contributed by atoms with E-state index in [4.69, 9.17) is 0 Å². The Balaban J connectivity index is 4.26. The molecule has 0 amide bonds. The minimum absolute atomic E-state index is 0.317. The van der Waals surface area contributed by atoms with Gasteiger partial charge in [-0.2, -0.15) is 0 Å². The summed E-state index contributed by atoms with van der Waals surface area (Å²) in [5.41, 5.74) is 0.634. The van der Waals surface area contributed by atoms with Crippen LogP contribution < -0.4 is 0 Å². The number of hydrogen-bond donors (Lipinski definition) is 0. The smallest absolute Gasteiger partial charge is 0.0158 e. The van der Waals surface area contributed by atoms with Crippen molar-refractivity contribution in [1.82, 2.24) is 4.90 Å². The monoisotopic (exact) mass is 494 g/mol. The van der Waals surface area contributed by atoms with Crippen LogP contribution in [-0.2, 0) is 0 Å². The van der Waals surface area contributed by atoms with Crippen LogP contribution in [0.4, 0.5) is 0 Å². The second-order valence-electron chi connectivity index (χ2n) is 13.0. The summed E-state index contributed by atoms with van der Waals surface area (Å²) in [6.45, 7) is 18.4. The Bertz CT molecular complexity index is 388. The Morgan fingerprint density at radius 2 is 0.600 bits per heavy atom. The van der Waals surface area contributed by atoms with E-state index in [9.17, 15) is 0 Å². The number of hydrogen-bond acceptors (Lipinski definition) is 1. The van der Waals surface area contributed by atoms with E-state index in [1.165, 1.54) is 161 Å². The van der Waals surface area contributed by atoms with Crippen LogP contribution in [0.1, 0.15) is 203 Å². The van der Waals surface area contributed by atoms with Crippen molar-refractivity contribution in [3.63, 3.8) is 0 Å². The highest BCUT2D eigenvalue weighted by Gasteiger charge is 2.36. The van der Waals surface area contributed by atoms with Crippen molar-refractivity contribution >= 4 is 0 Å². The molecule has 1 heteroatoms. The molecule has 35 heavy (non-hydrogen) atoms. The van der Waals surface area contributed by atoms with Crippen molar-refractivity contribution < 1.29 is 0 Å². The van der Waals surface area contributed by atoms with Gasteiger partial charge in [0.15, 0.2) is 0 Å². The maximum absolute atomic E-state index is 2.91. The highest BCUT2D eigenvalue weighted by atomic mass is 15.2. The second-order valence-corrected chi connectivity index (χ2v) is 13.0. The third kappa shape index (κ3) is 19.7. The first-order chi connectivity index (χ1) is 16.8. The molecule has 0 aromatic carbocycles. The quantitative estimate of drug-likeness (QED) is 0.103. The normalized spacial score (nSPS) is 12.7. The molecule has 0 unspecified atom stereocenters. The topological polar surface area (TPSA) is 3.24 Å². The van der Waals surface area contributed by atoms with Gasteiger partial charge in [-0.1, -0.05) is 156 Å². The molecule has 0 atom stereocenters. The Morgan fingerprint density at radius 3 is 0.886 bits per heavy atom. The minimum Gasteiger partial charge on any atom is -0.293 e. The Hall–Kier alpha value is -0.0400. The molecule has 0 N–H and O–H groups in total. The summed E-state index contributed by atoms with van der Waals surface area (Å²) in [7, 11) is 0. The van der Waals surface area contributed by atoms with Gasteiger partial charge >= 0.3 is 0 Å². The molecule has 0 saturated heterocycles. The molecule has 0 aromatic heterocycles. The molecule has 212 valence electrons. The van der Waals surface area contributed by atoms with Crippen LogP contribution in [0.15, 0.2) is 0 Å².